The first-order valence-corrected chi connectivity index (χ1v) is 7.31. The second-order valence-electron chi connectivity index (χ2n) is 5.52. The molecule has 0 bridgehead atoms. The Labute approximate surface area is 142 Å². The van der Waals surface area contributed by atoms with Crippen LogP contribution in [0, 0.1) is 5.82 Å². The Balaban J connectivity index is 0.00000161. The lowest BCUT2D eigenvalue weighted by molar-refractivity contribution is 0.365. The zero-order chi connectivity index (χ0) is 13.9. The van der Waals surface area contributed by atoms with E-state index in [4.69, 9.17) is 5.73 Å². The molecule has 0 atom stereocenters. The van der Waals surface area contributed by atoms with Gasteiger partial charge in [-0.15, -0.1) is 24.0 Å². The minimum absolute atomic E-state index is 0. The first-order chi connectivity index (χ1) is 9.72. The number of nitrogens with zero attached hydrogens (tertiary/aromatic N) is 3. The molecule has 0 unspecified atom stereocenters. The van der Waals surface area contributed by atoms with Crippen LogP contribution in [0.4, 0.5) is 10.1 Å². The van der Waals surface area contributed by atoms with Gasteiger partial charge in [-0.1, -0.05) is 0 Å². The second kappa shape index (κ2) is 7.29. The lowest BCUT2D eigenvalue weighted by Gasteiger charge is -2.37. The van der Waals surface area contributed by atoms with Crippen LogP contribution in [-0.4, -0.2) is 43.1 Å². The van der Waals surface area contributed by atoms with Crippen molar-refractivity contribution < 1.29 is 4.39 Å². The molecule has 1 heterocycles. The van der Waals surface area contributed by atoms with Gasteiger partial charge < -0.3 is 15.5 Å². The minimum atomic E-state index is -0.190. The van der Waals surface area contributed by atoms with Gasteiger partial charge in [0.15, 0.2) is 5.96 Å². The molecule has 6 heteroatoms. The fourth-order valence-electron chi connectivity index (χ4n) is 2.63. The van der Waals surface area contributed by atoms with Crippen molar-refractivity contribution in [1.29, 1.82) is 0 Å². The SMILES string of the molecule is I.NC(=NC1CCC1)N1CCN(c2ccc(F)cc2)CC1. The van der Waals surface area contributed by atoms with Crippen molar-refractivity contribution in [2.45, 2.75) is 25.3 Å². The first kappa shape index (κ1) is 16.3. The molecule has 1 aliphatic carbocycles. The molecule has 0 radical (unpaired) electrons. The van der Waals surface area contributed by atoms with Gasteiger partial charge >= 0.3 is 0 Å². The van der Waals surface area contributed by atoms with Crippen molar-refractivity contribution in [3.8, 4) is 0 Å². The van der Waals surface area contributed by atoms with Crippen molar-refractivity contribution >= 4 is 35.6 Å². The van der Waals surface area contributed by atoms with Gasteiger partial charge in [-0.25, -0.2) is 9.38 Å². The summed E-state index contributed by atoms with van der Waals surface area (Å²) >= 11 is 0. The lowest BCUT2D eigenvalue weighted by Crippen LogP contribution is -2.51. The van der Waals surface area contributed by atoms with Crippen molar-refractivity contribution in [3.63, 3.8) is 0 Å². The molecule has 2 aliphatic rings. The zero-order valence-electron chi connectivity index (χ0n) is 12.0. The molecule has 2 N–H and O–H groups in total. The molecule has 1 aliphatic heterocycles. The Morgan fingerprint density at radius 2 is 1.71 bits per heavy atom. The van der Waals surface area contributed by atoms with Gasteiger partial charge in [-0.05, 0) is 43.5 Å². The summed E-state index contributed by atoms with van der Waals surface area (Å²) in [5, 5.41) is 0. The highest BCUT2D eigenvalue weighted by atomic mass is 127. The van der Waals surface area contributed by atoms with Gasteiger partial charge in [0.1, 0.15) is 5.82 Å². The molecule has 1 saturated heterocycles. The van der Waals surface area contributed by atoms with E-state index in [-0.39, 0.29) is 29.8 Å². The summed E-state index contributed by atoms with van der Waals surface area (Å²) in [6.45, 7) is 3.54. The number of hydrogen-bond donors (Lipinski definition) is 1. The van der Waals surface area contributed by atoms with Crippen LogP contribution in [0.5, 0.6) is 0 Å². The molecule has 0 amide bonds. The fraction of sp³-hybridized carbons (Fsp3) is 0.533. The summed E-state index contributed by atoms with van der Waals surface area (Å²) in [7, 11) is 0. The van der Waals surface area contributed by atoms with Crippen LogP contribution in [0.15, 0.2) is 29.3 Å². The number of anilines is 1. The molecule has 1 aromatic carbocycles. The molecule has 0 spiro atoms. The third-order valence-electron chi connectivity index (χ3n) is 4.18. The summed E-state index contributed by atoms with van der Waals surface area (Å²) in [5.41, 5.74) is 7.14. The molecule has 1 aromatic rings. The molecule has 116 valence electrons. The quantitative estimate of drug-likeness (QED) is 0.468. The predicted octanol–water partition coefficient (Wildman–Crippen LogP) is 2.43. The lowest BCUT2D eigenvalue weighted by atomic mass is 9.94. The van der Waals surface area contributed by atoms with Crippen molar-refractivity contribution in [1.82, 2.24) is 4.90 Å². The number of halogens is 2. The summed E-state index contributed by atoms with van der Waals surface area (Å²) in [5.74, 6) is 0.498. The minimum Gasteiger partial charge on any atom is -0.370 e. The van der Waals surface area contributed by atoms with E-state index in [1.165, 1.54) is 31.4 Å². The van der Waals surface area contributed by atoms with Gasteiger partial charge in [0.05, 0.1) is 6.04 Å². The van der Waals surface area contributed by atoms with Crippen LogP contribution in [-0.2, 0) is 0 Å². The highest BCUT2D eigenvalue weighted by molar-refractivity contribution is 14.0. The Kier molecular flexibility index (Phi) is 5.66. The van der Waals surface area contributed by atoms with Crippen molar-refractivity contribution in [3.05, 3.63) is 30.1 Å². The molecular weight excluding hydrogens is 382 g/mol. The predicted molar refractivity (Wildman–Crippen MR) is 94.9 cm³/mol. The Bertz CT molecular complexity index is 479. The fourth-order valence-corrected chi connectivity index (χ4v) is 2.63. The first-order valence-electron chi connectivity index (χ1n) is 7.31. The van der Waals surface area contributed by atoms with E-state index in [0.717, 1.165) is 31.9 Å². The normalized spacial score (nSPS) is 20.0. The third-order valence-corrected chi connectivity index (χ3v) is 4.18. The molecular formula is C15H22FIN4. The van der Waals surface area contributed by atoms with E-state index in [1.807, 2.05) is 12.1 Å². The van der Waals surface area contributed by atoms with Crippen LogP contribution in [0.2, 0.25) is 0 Å². The molecule has 0 aromatic heterocycles. The number of nitrogens with two attached hydrogens (primary N) is 1. The van der Waals surface area contributed by atoms with Crippen molar-refractivity contribution in [2.24, 2.45) is 10.7 Å². The third kappa shape index (κ3) is 3.99. The smallest absolute Gasteiger partial charge is 0.191 e. The number of benzene rings is 1. The van der Waals surface area contributed by atoms with E-state index >= 15 is 0 Å². The number of rotatable bonds is 2. The van der Waals surface area contributed by atoms with Gasteiger partial charge in [0.25, 0.3) is 0 Å². The van der Waals surface area contributed by atoms with Crippen LogP contribution in [0.25, 0.3) is 0 Å². The summed E-state index contributed by atoms with van der Waals surface area (Å²) in [6, 6.07) is 7.13. The summed E-state index contributed by atoms with van der Waals surface area (Å²) in [4.78, 5) is 8.98. The highest BCUT2D eigenvalue weighted by Gasteiger charge is 2.21. The van der Waals surface area contributed by atoms with Gasteiger partial charge in [0.2, 0.25) is 0 Å². The van der Waals surface area contributed by atoms with E-state index in [0.29, 0.717) is 12.0 Å². The largest absolute Gasteiger partial charge is 0.370 e. The number of guanidine groups is 1. The maximum absolute atomic E-state index is 12.9. The maximum atomic E-state index is 12.9. The second-order valence-corrected chi connectivity index (χ2v) is 5.52. The molecule has 1 saturated carbocycles. The number of piperazine rings is 1. The Hall–Kier alpha value is -1.05. The van der Waals surface area contributed by atoms with E-state index < -0.39 is 0 Å². The standard InChI is InChI=1S/C15H21FN4.HI/c16-12-4-6-14(7-5-12)19-8-10-20(11-9-19)15(17)18-13-2-1-3-13;/h4-7,13H,1-3,8-11H2,(H2,17,18);1H. The molecule has 4 nitrogen and oxygen atoms in total. The average Bonchev–Trinajstić information content (AvgIpc) is 2.44. The van der Waals surface area contributed by atoms with Gasteiger partial charge in [0, 0.05) is 31.9 Å². The average molecular weight is 404 g/mol. The van der Waals surface area contributed by atoms with Crippen LogP contribution >= 0.6 is 24.0 Å². The number of hydrogen-bond acceptors (Lipinski definition) is 2. The highest BCUT2D eigenvalue weighted by Crippen LogP contribution is 2.22. The number of aliphatic imine (C=N–C) groups is 1. The summed E-state index contributed by atoms with van der Waals surface area (Å²) < 4.78 is 12.9. The van der Waals surface area contributed by atoms with Crippen LogP contribution in [0.1, 0.15) is 19.3 Å². The summed E-state index contributed by atoms with van der Waals surface area (Å²) in [6.07, 6.45) is 3.63. The van der Waals surface area contributed by atoms with Gasteiger partial charge in [-0.3, -0.25) is 0 Å². The van der Waals surface area contributed by atoms with Crippen LogP contribution < -0.4 is 10.6 Å². The van der Waals surface area contributed by atoms with Gasteiger partial charge in [-0.2, -0.15) is 0 Å². The molecule has 2 fully saturated rings. The van der Waals surface area contributed by atoms with E-state index in [2.05, 4.69) is 14.8 Å². The van der Waals surface area contributed by atoms with Crippen molar-refractivity contribution in [2.75, 3.05) is 31.1 Å². The van der Waals surface area contributed by atoms with E-state index in [9.17, 15) is 4.39 Å². The van der Waals surface area contributed by atoms with E-state index in [1.54, 1.807) is 0 Å². The molecule has 3 rings (SSSR count). The Morgan fingerprint density at radius 1 is 1.10 bits per heavy atom. The van der Waals surface area contributed by atoms with Crippen LogP contribution in [0.3, 0.4) is 0 Å². The topological polar surface area (TPSA) is 44.9 Å². The monoisotopic (exact) mass is 404 g/mol. The molecule has 21 heavy (non-hydrogen) atoms. The Morgan fingerprint density at radius 3 is 2.24 bits per heavy atom. The zero-order valence-corrected chi connectivity index (χ0v) is 14.4. The maximum Gasteiger partial charge on any atom is 0.191 e.